The average Bonchev–Trinajstić information content (AvgIpc) is 2.73. The number of amides is 1. The maximum atomic E-state index is 13.1. The molecule has 5 nitrogen and oxygen atoms in total. The number of aromatic nitrogens is 2. The molecule has 3 rings (SSSR count). The summed E-state index contributed by atoms with van der Waals surface area (Å²) in [5.74, 6) is -0.0458. The van der Waals surface area contributed by atoms with Gasteiger partial charge in [-0.15, -0.1) is 0 Å². The molecule has 0 atom stereocenters. The zero-order valence-corrected chi connectivity index (χ0v) is 16.3. The second kappa shape index (κ2) is 9.13. The minimum absolute atomic E-state index is 0.0458. The number of hydrogen-bond acceptors (Lipinski definition) is 3. The molecule has 0 radical (unpaired) electrons. The van der Waals surface area contributed by atoms with Crippen LogP contribution in [0, 0.1) is 0 Å². The quantitative estimate of drug-likeness (QED) is 0.629. The number of rotatable bonds is 7. The van der Waals surface area contributed by atoms with Crippen LogP contribution < -0.4 is 5.56 Å². The fourth-order valence-corrected chi connectivity index (χ4v) is 3.03. The predicted octanol–water partition coefficient (Wildman–Crippen LogP) is 3.89. The van der Waals surface area contributed by atoms with Gasteiger partial charge < -0.3 is 9.47 Å². The molecule has 2 aromatic carbocycles. The van der Waals surface area contributed by atoms with E-state index in [9.17, 15) is 9.59 Å². The molecule has 0 fully saturated rings. The first-order valence-corrected chi connectivity index (χ1v) is 9.56. The first-order chi connectivity index (χ1) is 13.6. The van der Waals surface area contributed by atoms with Crippen LogP contribution in [-0.2, 0) is 7.05 Å². The van der Waals surface area contributed by atoms with Gasteiger partial charge >= 0.3 is 0 Å². The third-order valence-corrected chi connectivity index (χ3v) is 4.67. The zero-order valence-electron chi connectivity index (χ0n) is 16.3. The van der Waals surface area contributed by atoms with E-state index in [1.807, 2.05) is 47.4 Å². The van der Waals surface area contributed by atoms with Crippen LogP contribution in [0.5, 0.6) is 0 Å². The number of fused-ring (bicyclic) bond motifs is 1. The van der Waals surface area contributed by atoms with Gasteiger partial charge in [0.25, 0.3) is 11.5 Å². The molecule has 0 bridgehead atoms. The molecule has 0 N–H and O–H groups in total. The lowest BCUT2D eigenvalue weighted by atomic mass is 10.1. The van der Waals surface area contributed by atoms with Gasteiger partial charge in [0.1, 0.15) is 0 Å². The van der Waals surface area contributed by atoms with Gasteiger partial charge in [-0.1, -0.05) is 55.8 Å². The van der Waals surface area contributed by atoms with Crippen molar-refractivity contribution in [3.8, 4) is 0 Å². The summed E-state index contributed by atoms with van der Waals surface area (Å²) in [4.78, 5) is 31.4. The van der Waals surface area contributed by atoms with Crippen molar-refractivity contribution in [1.29, 1.82) is 0 Å². The van der Waals surface area contributed by atoms with Gasteiger partial charge in [0.2, 0.25) is 0 Å². The third-order valence-electron chi connectivity index (χ3n) is 4.67. The minimum Gasteiger partial charge on any atom is -0.335 e. The molecule has 0 unspecified atom stereocenters. The second-order valence-corrected chi connectivity index (χ2v) is 6.81. The molecule has 28 heavy (non-hydrogen) atoms. The van der Waals surface area contributed by atoms with Crippen LogP contribution >= 0.6 is 0 Å². The summed E-state index contributed by atoms with van der Waals surface area (Å²) in [7, 11) is 1.67. The fraction of sp³-hybridized carbons (Fsp3) is 0.261. The lowest BCUT2D eigenvalue weighted by molar-refractivity contribution is 0.0772. The normalized spacial score (nSPS) is 11.2. The van der Waals surface area contributed by atoms with E-state index in [1.54, 1.807) is 25.2 Å². The molecule has 0 saturated carbocycles. The molecule has 1 amide bonds. The fourth-order valence-electron chi connectivity index (χ4n) is 3.03. The summed E-state index contributed by atoms with van der Waals surface area (Å²) < 4.78 is 1.44. The van der Waals surface area contributed by atoms with Crippen molar-refractivity contribution in [2.75, 3.05) is 13.1 Å². The molecule has 0 aliphatic rings. The Morgan fingerprint density at radius 3 is 2.71 bits per heavy atom. The van der Waals surface area contributed by atoms with E-state index in [2.05, 4.69) is 11.9 Å². The zero-order chi connectivity index (χ0) is 19.9. The molecule has 1 heterocycles. The SMILES string of the molecule is CCCCN(CC=Cc1ccccc1)C(=O)c1ccc2c(=O)n(C)cnc2c1. The highest BCUT2D eigenvalue weighted by Crippen LogP contribution is 2.13. The molecular formula is C23H25N3O2. The second-order valence-electron chi connectivity index (χ2n) is 6.81. The van der Waals surface area contributed by atoms with E-state index < -0.39 is 0 Å². The maximum Gasteiger partial charge on any atom is 0.260 e. The largest absolute Gasteiger partial charge is 0.335 e. The first kappa shape index (κ1) is 19.5. The lowest BCUT2D eigenvalue weighted by Gasteiger charge is -2.21. The van der Waals surface area contributed by atoms with E-state index in [0.717, 1.165) is 18.4 Å². The summed E-state index contributed by atoms with van der Waals surface area (Å²) in [5, 5.41) is 0.519. The highest BCUT2D eigenvalue weighted by Gasteiger charge is 2.15. The molecule has 0 spiro atoms. The van der Waals surface area contributed by atoms with Crippen LogP contribution in [0.25, 0.3) is 17.0 Å². The van der Waals surface area contributed by atoms with Crippen molar-refractivity contribution < 1.29 is 4.79 Å². The number of carbonyl (C=O) groups excluding carboxylic acids is 1. The van der Waals surface area contributed by atoms with Crippen molar-refractivity contribution >= 4 is 22.9 Å². The summed E-state index contributed by atoms with van der Waals surface area (Å²) in [6, 6.07) is 15.1. The van der Waals surface area contributed by atoms with Gasteiger partial charge in [0, 0.05) is 25.7 Å². The van der Waals surface area contributed by atoms with Crippen LogP contribution in [0.15, 0.2) is 65.7 Å². The summed E-state index contributed by atoms with van der Waals surface area (Å²) in [6.07, 6.45) is 7.48. The number of nitrogens with zero attached hydrogens (tertiary/aromatic N) is 3. The summed E-state index contributed by atoms with van der Waals surface area (Å²) in [5.41, 5.74) is 2.09. The Kier molecular flexibility index (Phi) is 6.37. The van der Waals surface area contributed by atoms with Crippen molar-refractivity contribution in [3.63, 3.8) is 0 Å². The Morgan fingerprint density at radius 1 is 1.18 bits per heavy atom. The maximum absolute atomic E-state index is 13.1. The monoisotopic (exact) mass is 375 g/mol. The van der Waals surface area contributed by atoms with Gasteiger partial charge in [-0.3, -0.25) is 9.59 Å². The Hall–Kier alpha value is -3.21. The third kappa shape index (κ3) is 4.55. The first-order valence-electron chi connectivity index (χ1n) is 9.56. The topological polar surface area (TPSA) is 55.2 Å². The van der Waals surface area contributed by atoms with E-state index in [0.29, 0.717) is 29.6 Å². The average molecular weight is 375 g/mol. The molecule has 0 aliphatic heterocycles. The molecule has 3 aromatic rings. The van der Waals surface area contributed by atoms with Crippen molar-refractivity contribution in [3.05, 3.63) is 82.4 Å². The highest BCUT2D eigenvalue weighted by molar-refractivity contribution is 5.97. The van der Waals surface area contributed by atoms with Gasteiger partial charge in [-0.05, 0) is 30.2 Å². The van der Waals surface area contributed by atoms with Crippen molar-refractivity contribution in [2.45, 2.75) is 19.8 Å². The van der Waals surface area contributed by atoms with Gasteiger partial charge in [0.05, 0.1) is 17.2 Å². The van der Waals surface area contributed by atoms with Crippen LogP contribution in [0.1, 0.15) is 35.7 Å². The number of carbonyl (C=O) groups is 1. The molecular weight excluding hydrogens is 350 g/mol. The molecule has 5 heteroatoms. The molecule has 144 valence electrons. The Labute approximate surface area is 164 Å². The molecule has 1 aromatic heterocycles. The van der Waals surface area contributed by atoms with Crippen LogP contribution in [0.3, 0.4) is 0 Å². The van der Waals surface area contributed by atoms with E-state index in [1.165, 1.54) is 10.9 Å². The van der Waals surface area contributed by atoms with Gasteiger partial charge in [0.15, 0.2) is 0 Å². The molecule has 0 saturated heterocycles. The van der Waals surface area contributed by atoms with Crippen LogP contribution in [0.4, 0.5) is 0 Å². The summed E-state index contributed by atoms with van der Waals surface area (Å²) in [6.45, 7) is 3.34. The number of aryl methyl sites for hydroxylation is 1. The van der Waals surface area contributed by atoms with E-state index in [-0.39, 0.29) is 11.5 Å². The van der Waals surface area contributed by atoms with Gasteiger partial charge in [-0.2, -0.15) is 0 Å². The van der Waals surface area contributed by atoms with Crippen LogP contribution in [0.2, 0.25) is 0 Å². The Balaban J connectivity index is 1.82. The molecule has 0 aliphatic carbocycles. The minimum atomic E-state index is -0.113. The van der Waals surface area contributed by atoms with E-state index in [4.69, 9.17) is 0 Å². The van der Waals surface area contributed by atoms with Gasteiger partial charge in [-0.25, -0.2) is 4.98 Å². The highest BCUT2D eigenvalue weighted by atomic mass is 16.2. The van der Waals surface area contributed by atoms with Crippen molar-refractivity contribution in [1.82, 2.24) is 14.5 Å². The smallest absolute Gasteiger partial charge is 0.260 e. The Bertz CT molecular complexity index is 1040. The van der Waals surface area contributed by atoms with Crippen LogP contribution in [-0.4, -0.2) is 33.4 Å². The number of hydrogen-bond donors (Lipinski definition) is 0. The number of benzene rings is 2. The van der Waals surface area contributed by atoms with Crippen molar-refractivity contribution in [2.24, 2.45) is 7.05 Å². The van der Waals surface area contributed by atoms with E-state index >= 15 is 0 Å². The predicted molar refractivity (Wildman–Crippen MR) is 113 cm³/mol. The Morgan fingerprint density at radius 2 is 1.96 bits per heavy atom. The number of unbranched alkanes of at least 4 members (excludes halogenated alkanes) is 1. The lowest BCUT2D eigenvalue weighted by Crippen LogP contribution is -2.32. The summed E-state index contributed by atoms with van der Waals surface area (Å²) >= 11 is 0. The standard InChI is InChI=1S/C23H25N3O2/c1-3-4-14-26(15-8-11-18-9-6-5-7-10-18)22(27)19-12-13-20-21(16-19)24-17-25(2)23(20)28/h5-13,16-17H,3-4,14-15H2,1-2H3.